The fourth-order valence-corrected chi connectivity index (χ4v) is 3.86. The highest BCUT2D eigenvalue weighted by atomic mass is 16.5. The van der Waals surface area contributed by atoms with Gasteiger partial charge in [-0.15, -0.1) is 0 Å². The van der Waals surface area contributed by atoms with Gasteiger partial charge in [0.15, 0.2) is 5.58 Å². The van der Waals surface area contributed by atoms with Gasteiger partial charge in [-0.2, -0.15) is 0 Å². The van der Waals surface area contributed by atoms with Crippen molar-refractivity contribution in [2.45, 2.75) is 25.4 Å². The molecule has 146 valence electrons. The lowest BCUT2D eigenvalue weighted by atomic mass is 10.2. The van der Waals surface area contributed by atoms with E-state index in [0.717, 1.165) is 26.1 Å². The smallest absolute Gasteiger partial charge is 0.408 e. The van der Waals surface area contributed by atoms with Gasteiger partial charge in [-0.3, -0.25) is 4.57 Å². The number of aryl methyl sites for hydroxylation is 1. The van der Waals surface area contributed by atoms with Crippen LogP contribution in [0.4, 0.5) is 10.5 Å². The van der Waals surface area contributed by atoms with Crippen molar-refractivity contribution >= 4 is 22.8 Å². The Morgan fingerprint density at radius 2 is 2.04 bits per heavy atom. The third-order valence-corrected chi connectivity index (χ3v) is 5.34. The van der Waals surface area contributed by atoms with Crippen molar-refractivity contribution in [3.8, 4) is 0 Å². The third-order valence-electron chi connectivity index (χ3n) is 5.34. The second-order valence-electron chi connectivity index (χ2n) is 7.34. The standard InChI is InChI=1S/C19H26N4O4/c1-21-16-6-5-14(11-17(16)27-19(21)25)20-18(24)23-9-4-10-26-15(13-23)12-22-7-2-3-8-22/h5-6,11,15H,2-4,7-10,12-13H2,1H3,(H,20,24)/t15-/m1/s1. The number of carbonyl (C=O) groups is 1. The van der Waals surface area contributed by atoms with E-state index in [2.05, 4.69) is 10.2 Å². The van der Waals surface area contributed by atoms with Crippen molar-refractivity contribution in [1.82, 2.24) is 14.4 Å². The highest BCUT2D eigenvalue weighted by Crippen LogP contribution is 2.19. The van der Waals surface area contributed by atoms with Crippen LogP contribution < -0.4 is 11.1 Å². The Bertz CT molecular complexity index is 868. The molecular formula is C19H26N4O4. The summed E-state index contributed by atoms with van der Waals surface area (Å²) in [6.45, 7) is 5.06. The number of oxazole rings is 1. The molecule has 27 heavy (non-hydrogen) atoms. The minimum Gasteiger partial charge on any atom is -0.408 e. The fraction of sp³-hybridized carbons (Fsp3) is 0.579. The summed E-state index contributed by atoms with van der Waals surface area (Å²) in [6, 6.07) is 5.09. The van der Waals surface area contributed by atoms with E-state index in [-0.39, 0.29) is 12.1 Å². The van der Waals surface area contributed by atoms with Crippen molar-refractivity contribution in [3.05, 3.63) is 28.7 Å². The zero-order valence-corrected chi connectivity index (χ0v) is 15.6. The molecule has 4 rings (SSSR count). The lowest BCUT2D eigenvalue weighted by Gasteiger charge is -2.27. The minimum absolute atomic E-state index is 0.0472. The molecule has 8 nitrogen and oxygen atoms in total. The number of nitrogens with one attached hydrogen (secondary N) is 1. The maximum absolute atomic E-state index is 12.8. The summed E-state index contributed by atoms with van der Waals surface area (Å²) >= 11 is 0. The van der Waals surface area contributed by atoms with Crippen LogP contribution in [0.1, 0.15) is 19.3 Å². The van der Waals surface area contributed by atoms with Crippen LogP contribution in [-0.4, -0.2) is 65.8 Å². The summed E-state index contributed by atoms with van der Waals surface area (Å²) in [4.78, 5) is 28.6. The Morgan fingerprint density at radius 1 is 1.22 bits per heavy atom. The van der Waals surface area contributed by atoms with Crippen LogP contribution in [0.5, 0.6) is 0 Å². The Balaban J connectivity index is 1.42. The minimum atomic E-state index is -0.414. The molecule has 2 saturated heterocycles. The van der Waals surface area contributed by atoms with Gasteiger partial charge in [0.2, 0.25) is 0 Å². The van der Waals surface area contributed by atoms with Crippen LogP contribution in [-0.2, 0) is 11.8 Å². The van der Waals surface area contributed by atoms with E-state index < -0.39 is 5.76 Å². The molecule has 1 aromatic carbocycles. The molecule has 1 atom stereocenters. The average Bonchev–Trinajstić information content (AvgIpc) is 3.17. The highest BCUT2D eigenvalue weighted by molar-refractivity contribution is 5.91. The molecule has 2 amide bonds. The molecule has 0 unspecified atom stereocenters. The van der Waals surface area contributed by atoms with Crippen LogP contribution in [0.25, 0.3) is 11.1 Å². The molecule has 0 saturated carbocycles. The quantitative estimate of drug-likeness (QED) is 0.887. The number of ether oxygens (including phenoxy) is 1. The number of anilines is 1. The highest BCUT2D eigenvalue weighted by Gasteiger charge is 2.25. The Kier molecular flexibility index (Phi) is 5.18. The second kappa shape index (κ2) is 7.74. The molecule has 2 aliphatic heterocycles. The number of carbonyl (C=O) groups excluding carboxylic acids is 1. The molecule has 3 heterocycles. The first-order valence-electron chi connectivity index (χ1n) is 9.59. The first kappa shape index (κ1) is 18.1. The Morgan fingerprint density at radius 3 is 2.85 bits per heavy atom. The number of amides is 2. The van der Waals surface area contributed by atoms with Crippen LogP contribution in [0.2, 0.25) is 0 Å². The van der Waals surface area contributed by atoms with Crippen LogP contribution >= 0.6 is 0 Å². The first-order chi connectivity index (χ1) is 13.1. The molecule has 1 N–H and O–H groups in total. The number of urea groups is 1. The van der Waals surface area contributed by atoms with Gasteiger partial charge in [0.25, 0.3) is 0 Å². The van der Waals surface area contributed by atoms with Crippen molar-refractivity contribution in [2.24, 2.45) is 7.05 Å². The SMILES string of the molecule is Cn1c(=O)oc2cc(NC(=O)N3CCCO[C@H](CN4CCCC4)C3)ccc21. The summed E-state index contributed by atoms with van der Waals surface area (Å²) < 4.78 is 12.6. The van der Waals surface area contributed by atoms with Gasteiger partial charge in [0.1, 0.15) is 0 Å². The molecular weight excluding hydrogens is 348 g/mol. The third kappa shape index (κ3) is 4.01. The Hall–Kier alpha value is -2.32. The lowest BCUT2D eigenvalue weighted by Crippen LogP contribution is -2.43. The molecule has 2 aliphatic rings. The lowest BCUT2D eigenvalue weighted by molar-refractivity contribution is 0.0355. The van der Waals surface area contributed by atoms with E-state index in [1.165, 1.54) is 17.4 Å². The normalized spacial score (nSPS) is 21.5. The number of fused-ring (bicyclic) bond motifs is 1. The van der Waals surface area contributed by atoms with Gasteiger partial charge >= 0.3 is 11.8 Å². The predicted octanol–water partition coefficient (Wildman–Crippen LogP) is 1.85. The number of rotatable bonds is 3. The number of likely N-dealkylation sites (tertiary alicyclic amines) is 1. The predicted molar refractivity (Wildman–Crippen MR) is 102 cm³/mol. The largest absolute Gasteiger partial charge is 0.419 e. The first-order valence-corrected chi connectivity index (χ1v) is 9.59. The van der Waals surface area contributed by atoms with Gasteiger partial charge in [-0.1, -0.05) is 0 Å². The summed E-state index contributed by atoms with van der Waals surface area (Å²) in [6.07, 6.45) is 3.37. The topological polar surface area (TPSA) is 80.0 Å². The van der Waals surface area contributed by atoms with Crippen LogP contribution in [0, 0.1) is 0 Å². The zero-order valence-electron chi connectivity index (χ0n) is 15.6. The molecule has 2 fully saturated rings. The molecule has 0 radical (unpaired) electrons. The van der Waals surface area contributed by atoms with Gasteiger partial charge in [-0.05, 0) is 44.5 Å². The van der Waals surface area contributed by atoms with Crippen molar-refractivity contribution in [1.29, 1.82) is 0 Å². The monoisotopic (exact) mass is 374 g/mol. The van der Waals surface area contributed by atoms with E-state index in [4.69, 9.17) is 9.15 Å². The molecule has 0 aliphatic carbocycles. The molecule has 0 spiro atoms. The van der Waals surface area contributed by atoms with E-state index in [1.807, 2.05) is 4.90 Å². The maximum atomic E-state index is 12.8. The van der Waals surface area contributed by atoms with Crippen molar-refractivity contribution in [3.63, 3.8) is 0 Å². The number of hydrogen-bond donors (Lipinski definition) is 1. The summed E-state index contributed by atoms with van der Waals surface area (Å²) in [5, 5.41) is 2.92. The van der Waals surface area contributed by atoms with E-state index in [1.54, 1.807) is 25.2 Å². The van der Waals surface area contributed by atoms with Crippen molar-refractivity contribution < 1.29 is 13.9 Å². The average molecular weight is 374 g/mol. The Labute approximate surface area is 157 Å². The number of nitrogens with zero attached hydrogens (tertiary/aromatic N) is 3. The molecule has 2 aromatic rings. The summed E-state index contributed by atoms with van der Waals surface area (Å²) in [7, 11) is 1.66. The molecule has 0 bridgehead atoms. The van der Waals surface area contributed by atoms with Crippen LogP contribution in [0.3, 0.4) is 0 Å². The summed E-state index contributed by atoms with van der Waals surface area (Å²) in [5.74, 6) is -0.414. The van der Waals surface area contributed by atoms with Gasteiger partial charge < -0.3 is 24.3 Å². The maximum Gasteiger partial charge on any atom is 0.419 e. The number of hydrogen-bond acceptors (Lipinski definition) is 5. The zero-order chi connectivity index (χ0) is 18.8. The van der Waals surface area contributed by atoms with E-state index in [0.29, 0.717) is 36.5 Å². The second-order valence-corrected chi connectivity index (χ2v) is 7.34. The number of aromatic nitrogens is 1. The van der Waals surface area contributed by atoms with Crippen LogP contribution in [0.15, 0.2) is 27.4 Å². The fourth-order valence-electron chi connectivity index (χ4n) is 3.86. The van der Waals surface area contributed by atoms with Gasteiger partial charge in [0, 0.05) is 45.0 Å². The van der Waals surface area contributed by atoms with Crippen molar-refractivity contribution in [2.75, 3.05) is 44.6 Å². The summed E-state index contributed by atoms with van der Waals surface area (Å²) in [5.41, 5.74) is 1.78. The van der Waals surface area contributed by atoms with Gasteiger partial charge in [-0.25, -0.2) is 9.59 Å². The number of benzene rings is 1. The van der Waals surface area contributed by atoms with E-state index >= 15 is 0 Å². The molecule has 8 heteroatoms. The molecule has 1 aromatic heterocycles. The van der Waals surface area contributed by atoms with E-state index in [9.17, 15) is 9.59 Å². The van der Waals surface area contributed by atoms with Gasteiger partial charge in [0.05, 0.1) is 11.6 Å².